The van der Waals surface area contributed by atoms with Crippen LogP contribution < -0.4 is 4.74 Å². The number of carbonyl (C=O) groups is 1. The van der Waals surface area contributed by atoms with Crippen LogP contribution in [0, 0.1) is 5.82 Å². The molecule has 1 unspecified atom stereocenters. The van der Waals surface area contributed by atoms with Crippen LogP contribution in [-0.2, 0) is 4.79 Å². The molecule has 1 aliphatic carbocycles. The quantitative estimate of drug-likeness (QED) is 0.254. The van der Waals surface area contributed by atoms with Crippen LogP contribution >= 0.6 is 11.6 Å². The molecule has 2 aromatic heterocycles. The number of aromatic amines is 1. The number of benzene rings is 1. The maximum Gasteiger partial charge on any atom is 0.387 e. The molecule has 2 N–H and O–H groups in total. The van der Waals surface area contributed by atoms with E-state index in [0.29, 0.717) is 11.2 Å². The number of allylic oxidation sites excluding steroid dienone is 3. The van der Waals surface area contributed by atoms with Gasteiger partial charge in [0.05, 0.1) is 11.6 Å². The molecular weight excluding hydrogens is 569 g/mol. The van der Waals surface area contributed by atoms with E-state index in [2.05, 4.69) is 32.3 Å². The molecule has 2 aliphatic rings. The Morgan fingerprint density at radius 2 is 2.05 bits per heavy atom. The van der Waals surface area contributed by atoms with Gasteiger partial charge in [0.25, 0.3) is 0 Å². The van der Waals surface area contributed by atoms with Crippen LogP contribution in [0.15, 0.2) is 54.3 Å². The molecule has 11 heteroatoms. The highest BCUT2D eigenvalue weighted by atomic mass is 35.5. The summed E-state index contributed by atoms with van der Waals surface area (Å²) in [7, 11) is 1.86. The molecule has 0 bridgehead atoms. The zero-order valence-corrected chi connectivity index (χ0v) is 24.3. The number of aromatic nitrogens is 2. The van der Waals surface area contributed by atoms with Crippen molar-refractivity contribution in [1.29, 1.82) is 0 Å². The van der Waals surface area contributed by atoms with Crippen LogP contribution in [0.4, 0.5) is 13.2 Å². The fourth-order valence-corrected chi connectivity index (χ4v) is 6.49. The van der Waals surface area contributed by atoms with Crippen molar-refractivity contribution in [2.75, 3.05) is 13.6 Å². The number of pyridine rings is 1. The molecule has 0 radical (unpaired) electrons. The lowest BCUT2D eigenvalue weighted by molar-refractivity contribution is -0.138. The molecule has 3 heterocycles. The number of hydrogen-bond donors (Lipinski definition) is 2. The zero-order chi connectivity index (χ0) is 30.1. The number of likely N-dealkylation sites (N-methyl/N-ethyl adjacent to an activating group) is 1. The summed E-state index contributed by atoms with van der Waals surface area (Å²) in [6.07, 6.45) is 11.0. The van der Waals surface area contributed by atoms with Gasteiger partial charge in [-0.25, -0.2) is 9.37 Å². The second-order valence-electron chi connectivity index (χ2n) is 10.9. The summed E-state index contributed by atoms with van der Waals surface area (Å²) in [4.78, 5) is 23.0. The second kappa shape index (κ2) is 12.3. The van der Waals surface area contributed by atoms with Gasteiger partial charge in [0.2, 0.25) is 0 Å². The van der Waals surface area contributed by atoms with Gasteiger partial charge < -0.3 is 19.7 Å². The number of fused-ring (bicyclic) bond motifs is 1. The Morgan fingerprint density at radius 1 is 1.31 bits per heavy atom. The molecule has 42 heavy (non-hydrogen) atoms. The number of carboxylic acid groups (broad SMARTS) is 1. The fraction of sp³-hybridized carbons (Fsp3) is 0.387. The molecule has 3 aromatic rings. The monoisotopic (exact) mass is 600 g/mol. The molecule has 5 rings (SSSR count). The van der Waals surface area contributed by atoms with Crippen molar-refractivity contribution in [3.8, 4) is 5.75 Å². The number of carboxylic acids is 1. The highest BCUT2D eigenvalue weighted by molar-refractivity contribution is 6.31. The number of aliphatic carboxylic acids is 1. The molecule has 0 saturated heterocycles. The number of nitrogens with one attached hydrogen (secondary N) is 1. The third kappa shape index (κ3) is 5.93. The summed E-state index contributed by atoms with van der Waals surface area (Å²) in [5.74, 6) is -2.31. The van der Waals surface area contributed by atoms with E-state index < -0.39 is 24.3 Å². The normalized spacial score (nSPS) is 19.8. The van der Waals surface area contributed by atoms with Crippen LogP contribution in [0.3, 0.4) is 0 Å². The molecule has 0 amide bonds. The standard InChI is InChI=1S/C31H32ClF3N4O3/c1-17(28-26(42-31(34)35)11-10-25(33)29(28)32)24-15-37-30-23(24)13-19(14-36-30)22-5-4-12-39(18(22)2)21-8-6-20(7-9-21)38(3)16-27(40)41/h5,10-15,17,20-21,31H,6-9,16H2,1-3H3,(H,36,37)(H,40,41). The van der Waals surface area contributed by atoms with E-state index in [0.717, 1.165) is 60.0 Å². The fourth-order valence-electron chi connectivity index (χ4n) is 6.17. The van der Waals surface area contributed by atoms with Gasteiger partial charge in [-0.15, -0.1) is 5.73 Å². The van der Waals surface area contributed by atoms with Crippen LogP contribution in [0.25, 0.3) is 16.6 Å². The molecule has 1 aliphatic heterocycles. The van der Waals surface area contributed by atoms with Gasteiger partial charge in [0.1, 0.15) is 17.2 Å². The Labute approximate surface area is 246 Å². The van der Waals surface area contributed by atoms with Crippen molar-refractivity contribution < 1.29 is 27.8 Å². The number of alkyl halides is 2. The van der Waals surface area contributed by atoms with Crippen LogP contribution in [-0.4, -0.2) is 63.1 Å². The number of halogens is 4. The molecule has 222 valence electrons. The smallest absolute Gasteiger partial charge is 0.387 e. The minimum atomic E-state index is -3.08. The second-order valence-corrected chi connectivity index (χ2v) is 11.2. The molecule has 1 saturated carbocycles. The van der Waals surface area contributed by atoms with Crippen molar-refractivity contribution in [2.45, 2.75) is 64.1 Å². The van der Waals surface area contributed by atoms with Gasteiger partial charge in [-0.2, -0.15) is 8.78 Å². The summed E-state index contributed by atoms with van der Waals surface area (Å²) >= 11 is 6.27. The third-order valence-corrected chi connectivity index (χ3v) is 8.75. The van der Waals surface area contributed by atoms with Gasteiger partial charge in [-0.3, -0.25) is 9.69 Å². The Kier molecular flexibility index (Phi) is 8.68. The van der Waals surface area contributed by atoms with Crippen molar-refractivity contribution >= 4 is 34.2 Å². The lowest BCUT2D eigenvalue weighted by atomic mass is 9.88. The van der Waals surface area contributed by atoms with Crippen molar-refractivity contribution in [2.24, 2.45) is 0 Å². The van der Waals surface area contributed by atoms with Crippen molar-refractivity contribution in [1.82, 2.24) is 19.8 Å². The largest absolute Gasteiger partial charge is 0.480 e. The SMILES string of the molecule is CC1=C(c2cnc3[nH]cc(C(C)c4c(OC(F)F)ccc(F)c4Cl)c3c2)C=C=CN1C1CCC(N(C)CC(=O)O)CC1. The first kappa shape index (κ1) is 29.8. The van der Waals surface area contributed by atoms with E-state index in [-0.39, 0.29) is 35.0 Å². The van der Waals surface area contributed by atoms with Gasteiger partial charge in [-0.05, 0) is 69.5 Å². The highest BCUT2D eigenvalue weighted by Gasteiger charge is 2.30. The van der Waals surface area contributed by atoms with Crippen molar-refractivity contribution in [3.63, 3.8) is 0 Å². The van der Waals surface area contributed by atoms with Crippen LogP contribution in [0.5, 0.6) is 5.75 Å². The lowest BCUT2D eigenvalue weighted by Crippen LogP contribution is -2.42. The van der Waals surface area contributed by atoms with E-state index in [9.17, 15) is 18.0 Å². The van der Waals surface area contributed by atoms with E-state index in [4.69, 9.17) is 16.7 Å². The van der Waals surface area contributed by atoms with Crippen LogP contribution in [0.2, 0.25) is 5.02 Å². The molecule has 7 nitrogen and oxygen atoms in total. The summed E-state index contributed by atoms with van der Waals surface area (Å²) in [6, 6.07) is 4.65. The predicted molar refractivity (Wildman–Crippen MR) is 155 cm³/mol. The van der Waals surface area contributed by atoms with Crippen LogP contribution in [0.1, 0.15) is 62.1 Å². The Bertz CT molecular complexity index is 1590. The summed E-state index contributed by atoms with van der Waals surface area (Å²) < 4.78 is 45.4. The average Bonchev–Trinajstić information content (AvgIpc) is 3.38. The van der Waals surface area contributed by atoms with E-state index >= 15 is 0 Å². The number of hydrogen-bond acceptors (Lipinski definition) is 5. The maximum absolute atomic E-state index is 14.4. The summed E-state index contributed by atoms with van der Waals surface area (Å²) in [5, 5.41) is 9.62. The van der Waals surface area contributed by atoms with Gasteiger partial charge >= 0.3 is 12.6 Å². The summed E-state index contributed by atoms with van der Waals surface area (Å²) in [5.41, 5.74) is 7.54. The average molecular weight is 601 g/mol. The highest BCUT2D eigenvalue weighted by Crippen LogP contribution is 2.42. The summed E-state index contributed by atoms with van der Waals surface area (Å²) in [6.45, 7) is 0.760. The zero-order valence-electron chi connectivity index (χ0n) is 23.5. The predicted octanol–water partition coefficient (Wildman–Crippen LogP) is 7.15. The number of rotatable bonds is 9. The molecule has 1 fully saturated rings. The van der Waals surface area contributed by atoms with E-state index in [1.165, 1.54) is 0 Å². The van der Waals surface area contributed by atoms with E-state index in [1.54, 1.807) is 19.3 Å². The first-order chi connectivity index (χ1) is 20.0. The Hall–Kier alpha value is -3.72. The minimum absolute atomic E-state index is 0.0337. The first-order valence-corrected chi connectivity index (χ1v) is 14.2. The number of ether oxygens (including phenoxy) is 1. The maximum atomic E-state index is 14.4. The van der Waals surface area contributed by atoms with Gasteiger partial charge in [0, 0.05) is 64.4 Å². The molecule has 0 spiro atoms. The van der Waals surface area contributed by atoms with Gasteiger partial charge in [0.15, 0.2) is 0 Å². The van der Waals surface area contributed by atoms with Gasteiger partial charge in [-0.1, -0.05) is 18.5 Å². The van der Waals surface area contributed by atoms with E-state index in [1.807, 2.05) is 30.3 Å². The lowest BCUT2D eigenvalue weighted by Gasteiger charge is -2.40. The first-order valence-electron chi connectivity index (χ1n) is 13.8. The number of nitrogens with zero attached hydrogens (tertiary/aromatic N) is 3. The Morgan fingerprint density at radius 3 is 2.74 bits per heavy atom. The topological polar surface area (TPSA) is 81.7 Å². The third-order valence-electron chi connectivity index (χ3n) is 8.37. The van der Waals surface area contributed by atoms with Crippen molar-refractivity contribution in [3.05, 3.63) is 81.8 Å². The molecular formula is C31H32ClF3N4O3. The Balaban J connectivity index is 1.43. The molecule has 1 aromatic carbocycles. The number of H-pyrrole nitrogens is 1. The molecule has 1 atom stereocenters. The minimum Gasteiger partial charge on any atom is -0.480 e.